The molecule has 0 atom stereocenters. The maximum Gasteiger partial charge on any atom is 0.257 e. The second kappa shape index (κ2) is 5.50. The summed E-state index contributed by atoms with van der Waals surface area (Å²) in [5.74, 6) is 0.590. The van der Waals surface area contributed by atoms with Gasteiger partial charge in [0.2, 0.25) is 0 Å². The Kier molecular flexibility index (Phi) is 3.56. The van der Waals surface area contributed by atoms with Crippen molar-refractivity contribution in [3.05, 3.63) is 40.3 Å². The maximum atomic E-state index is 12.5. The van der Waals surface area contributed by atoms with Crippen molar-refractivity contribution in [3.8, 4) is 5.75 Å². The average molecular weight is 289 g/mol. The minimum absolute atomic E-state index is 0.0569. The van der Waals surface area contributed by atoms with Gasteiger partial charge in [-0.3, -0.25) is 4.79 Å². The minimum Gasteiger partial charge on any atom is -0.489 e. The number of amides is 1. The molecular weight excluding hydrogens is 274 g/mol. The SMILES string of the molecule is CN(Cc1cscn1)C(=O)c1cccc2c1OCCN2. The maximum absolute atomic E-state index is 12.5. The summed E-state index contributed by atoms with van der Waals surface area (Å²) < 4.78 is 5.64. The van der Waals surface area contributed by atoms with Crippen LogP contribution in [0.2, 0.25) is 0 Å². The Labute approximate surface area is 121 Å². The van der Waals surface area contributed by atoms with Crippen LogP contribution in [0.4, 0.5) is 5.69 Å². The summed E-state index contributed by atoms with van der Waals surface area (Å²) in [4.78, 5) is 18.4. The highest BCUT2D eigenvalue weighted by Crippen LogP contribution is 2.32. The molecule has 104 valence electrons. The first-order chi connectivity index (χ1) is 9.75. The lowest BCUT2D eigenvalue weighted by molar-refractivity contribution is 0.0779. The molecule has 5 nitrogen and oxygen atoms in total. The number of rotatable bonds is 3. The normalized spacial score (nSPS) is 13.1. The molecule has 0 fully saturated rings. The van der Waals surface area contributed by atoms with Gasteiger partial charge in [0.15, 0.2) is 5.75 Å². The Morgan fingerprint density at radius 1 is 1.55 bits per heavy atom. The fourth-order valence-electron chi connectivity index (χ4n) is 2.17. The zero-order chi connectivity index (χ0) is 13.9. The van der Waals surface area contributed by atoms with Crippen LogP contribution in [0.3, 0.4) is 0 Å². The number of carbonyl (C=O) groups is 1. The van der Waals surface area contributed by atoms with Crippen LogP contribution in [-0.2, 0) is 6.54 Å². The summed E-state index contributed by atoms with van der Waals surface area (Å²) in [6.45, 7) is 1.84. The third-order valence-electron chi connectivity index (χ3n) is 3.14. The van der Waals surface area contributed by atoms with Crippen molar-refractivity contribution in [1.29, 1.82) is 0 Å². The van der Waals surface area contributed by atoms with E-state index in [2.05, 4.69) is 10.3 Å². The van der Waals surface area contributed by atoms with Gasteiger partial charge in [-0.15, -0.1) is 11.3 Å². The summed E-state index contributed by atoms with van der Waals surface area (Å²) in [6, 6.07) is 5.59. The monoisotopic (exact) mass is 289 g/mol. The highest BCUT2D eigenvalue weighted by atomic mass is 32.1. The molecule has 0 saturated carbocycles. The van der Waals surface area contributed by atoms with Crippen LogP contribution in [-0.4, -0.2) is 36.0 Å². The quantitative estimate of drug-likeness (QED) is 0.941. The Morgan fingerprint density at radius 3 is 3.25 bits per heavy atom. The molecule has 1 amide bonds. The number of fused-ring (bicyclic) bond motifs is 1. The molecule has 0 unspecified atom stereocenters. The fourth-order valence-corrected chi connectivity index (χ4v) is 2.72. The van der Waals surface area contributed by atoms with Crippen molar-refractivity contribution in [2.45, 2.75) is 6.54 Å². The Bertz CT molecular complexity index is 613. The molecule has 20 heavy (non-hydrogen) atoms. The molecule has 0 aliphatic carbocycles. The first-order valence-corrected chi connectivity index (χ1v) is 7.32. The van der Waals surface area contributed by atoms with E-state index in [0.717, 1.165) is 17.9 Å². The van der Waals surface area contributed by atoms with Crippen LogP contribution in [0.15, 0.2) is 29.1 Å². The second-order valence-electron chi connectivity index (χ2n) is 4.60. The summed E-state index contributed by atoms with van der Waals surface area (Å²) >= 11 is 1.53. The van der Waals surface area contributed by atoms with E-state index >= 15 is 0 Å². The van der Waals surface area contributed by atoms with E-state index in [1.165, 1.54) is 11.3 Å². The number of para-hydroxylation sites is 1. The lowest BCUT2D eigenvalue weighted by Crippen LogP contribution is -2.28. The van der Waals surface area contributed by atoms with Gasteiger partial charge in [-0.05, 0) is 12.1 Å². The van der Waals surface area contributed by atoms with Gasteiger partial charge in [-0.2, -0.15) is 0 Å². The van der Waals surface area contributed by atoms with Gasteiger partial charge >= 0.3 is 0 Å². The highest BCUT2D eigenvalue weighted by molar-refractivity contribution is 7.07. The molecule has 2 heterocycles. The van der Waals surface area contributed by atoms with E-state index in [4.69, 9.17) is 4.74 Å². The molecule has 1 N–H and O–H groups in total. The van der Waals surface area contributed by atoms with Gasteiger partial charge in [0.05, 0.1) is 29.0 Å². The van der Waals surface area contributed by atoms with Crippen LogP contribution in [0, 0.1) is 0 Å². The zero-order valence-electron chi connectivity index (χ0n) is 11.1. The number of nitrogens with one attached hydrogen (secondary N) is 1. The molecule has 6 heteroatoms. The largest absolute Gasteiger partial charge is 0.489 e. The van der Waals surface area contributed by atoms with Gasteiger partial charge in [-0.1, -0.05) is 6.07 Å². The topological polar surface area (TPSA) is 54.5 Å². The van der Waals surface area contributed by atoms with E-state index in [0.29, 0.717) is 24.5 Å². The lowest BCUT2D eigenvalue weighted by atomic mass is 10.1. The third-order valence-corrected chi connectivity index (χ3v) is 3.77. The second-order valence-corrected chi connectivity index (χ2v) is 5.32. The van der Waals surface area contributed by atoms with Gasteiger partial charge < -0.3 is 15.0 Å². The van der Waals surface area contributed by atoms with Gasteiger partial charge in [0.25, 0.3) is 5.91 Å². The molecule has 1 aromatic heterocycles. The van der Waals surface area contributed by atoms with Crippen molar-refractivity contribution in [1.82, 2.24) is 9.88 Å². The molecule has 3 rings (SSSR count). The number of hydrogen-bond acceptors (Lipinski definition) is 5. The smallest absolute Gasteiger partial charge is 0.257 e. The molecule has 0 bridgehead atoms. The van der Waals surface area contributed by atoms with Crippen LogP contribution in [0.5, 0.6) is 5.75 Å². The standard InChI is InChI=1S/C14H15N3O2S/c1-17(7-10-8-20-9-16-10)14(18)11-3-2-4-12-13(11)19-6-5-15-12/h2-4,8-9,15H,5-7H2,1H3. The Hall–Kier alpha value is -2.08. The number of thiazole rings is 1. The van der Waals surface area contributed by atoms with Gasteiger partial charge in [0.1, 0.15) is 6.61 Å². The molecule has 0 saturated heterocycles. The van der Waals surface area contributed by atoms with E-state index in [1.54, 1.807) is 23.5 Å². The van der Waals surface area contributed by atoms with E-state index in [9.17, 15) is 4.79 Å². The molecule has 1 aliphatic rings. The summed E-state index contributed by atoms with van der Waals surface area (Å²) in [5, 5.41) is 5.18. The summed E-state index contributed by atoms with van der Waals surface area (Å²) in [5.41, 5.74) is 4.14. The van der Waals surface area contributed by atoms with Crippen LogP contribution in [0.1, 0.15) is 16.1 Å². The van der Waals surface area contributed by atoms with Crippen molar-refractivity contribution >= 4 is 22.9 Å². The Balaban J connectivity index is 1.83. The lowest BCUT2D eigenvalue weighted by Gasteiger charge is -2.23. The molecule has 2 aromatic rings. The predicted molar refractivity (Wildman–Crippen MR) is 78.3 cm³/mol. The summed E-state index contributed by atoms with van der Waals surface area (Å²) in [6.07, 6.45) is 0. The van der Waals surface area contributed by atoms with Crippen molar-refractivity contribution in [3.63, 3.8) is 0 Å². The number of aromatic nitrogens is 1. The third kappa shape index (κ3) is 2.46. The predicted octanol–water partition coefficient (Wildman–Crippen LogP) is 2.22. The first kappa shape index (κ1) is 12.9. The molecule has 0 spiro atoms. The first-order valence-electron chi connectivity index (χ1n) is 6.38. The number of benzene rings is 1. The van der Waals surface area contributed by atoms with E-state index in [-0.39, 0.29) is 5.91 Å². The van der Waals surface area contributed by atoms with Gasteiger partial charge in [0, 0.05) is 19.0 Å². The number of carbonyl (C=O) groups excluding carboxylic acids is 1. The number of anilines is 1. The molecular formula is C14H15N3O2S. The van der Waals surface area contributed by atoms with Crippen molar-refractivity contribution < 1.29 is 9.53 Å². The number of nitrogens with zero attached hydrogens (tertiary/aromatic N) is 2. The van der Waals surface area contributed by atoms with Crippen molar-refractivity contribution in [2.75, 3.05) is 25.5 Å². The number of ether oxygens (including phenoxy) is 1. The van der Waals surface area contributed by atoms with E-state index < -0.39 is 0 Å². The Morgan fingerprint density at radius 2 is 2.45 bits per heavy atom. The average Bonchev–Trinajstić information content (AvgIpc) is 2.99. The van der Waals surface area contributed by atoms with Gasteiger partial charge in [-0.25, -0.2) is 4.98 Å². The summed E-state index contributed by atoms with van der Waals surface area (Å²) in [7, 11) is 1.78. The fraction of sp³-hybridized carbons (Fsp3) is 0.286. The minimum atomic E-state index is -0.0569. The molecule has 1 aromatic carbocycles. The van der Waals surface area contributed by atoms with Crippen LogP contribution < -0.4 is 10.1 Å². The number of hydrogen-bond donors (Lipinski definition) is 1. The van der Waals surface area contributed by atoms with E-state index in [1.807, 2.05) is 17.5 Å². The van der Waals surface area contributed by atoms with Crippen LogP contribution >= 0.6 is 11.3 Å². The highest BCUT2D eigenvalue weighted by Gasteiger charge is 2.21. The van der Waals surface area contributed by atoms with Crippen molar-refractivity contribution in [2.24, 2.45) is 0 Å². The molecule has 0 radical (unpaired) electrons. The van der Waals surface area contributed by atoms with Crippen LogP contribution in [0.25, 0.3) is 0 Å². The zero-order valence-corrected chi connectivity index (χ0v) is 11.9. The molecule has 1 aliphatic heterocycles.